The number of hydrogen-bond donors (Lipinski definition) is 0. The molecule has 0 spiro atoms. The summed E-state index contributed by atoms with van der Waals surface area (Å²) < 4.78 is 0. The van der Waals surface area contributed by atoms with E-state index in [1.54, 1.807) is 30.3 Å². The van der Waals surface area contributed by atoms with Gasteiger partial charge < -0.3 is 0 Å². The molecule has 2 rings (SSSR count). The Hall–Kier alpha value is -2.00. The minimum Gasteiger partial charge on any atom is -0.192 e. The van der Waals surface area contributed by atoms with Crippen molar-refractivity contribution in [3.8, 4) is 12.1 Å². The Bertz CT molecular complexity index is 575. The lowest BCUT2D eigenvalue weighted by molar-refractivity contribution is 1.48. The smallest absolute Gasteiger partial charge is 0.0992 e. The van der Waals surface area contributed by atoms with Crippen LogP contribution in [0, 0.1) is 22.7 Å². The van der Waals surface area contributed by atoms with Crippen LogP contribution in [0.25, 0.3) is 0 Å². The van der Waals surface area contributed by atoms with Gasteiger partial charge in [-0.2, -0.15) is 10.5 Å². The number of halogens is 2. The highest BCUT2D eigenvalue weighted by molar-refractivity contribution is 6.34. The second kappa shape index (κ2) is 7.35. The van der Waals surface area contributed by atoms with Gasteiger partial charge in [0, 0.05) is 10.0 Å². The van der Waals surface area contributed by atoms with E-state index in [1.165, 1.54) is 0 Å². The molecule has 0 aliphatic carbocycles. The van der Waals surface area contributed by atoms with Gasteiger partial charge in [-0.15, -0.1) is 0 Å². The van der Waals surface area contributed by atoms with Crippen LogP contribution in [0.2, 0.25) is 10.0 Å². The standard InChI is InChI=1S/C7H3Cl2N.C7H5N/c8-6-1-5(4-10)2-7(9)3-6;8-6-7-4-2-1-3-5-7/h1-3H;1-5H. The Kier molecular flexibility index (Phi) is 5.74. The van der Waals surface area contributed by atoms with E-state index in [4.69, 9.17) is 33.7 Å². The average Bonchev–Trinajstić information content (AvgIpc) is 2.39. The first-order valence-electron chi connectivity index (χ1n) is 4.97. The van der Waals surface area contributed by atoms with Crippen molar-refractivity contribution in [3.63, 3.8) is 0 Å². The van der Waals surface area contributed by atoms with E-state index in [0.29, 0.717) is 21.2 Å². The molecule has 0 N–H and O–H groups in total. The third kappa shape index (κ3) is 4.89. The quantitative estimate of drug-likeness (QED) is 0.714. The van der Waals surface area contributed by atoms with Crippen LogP contribution < -0.4 is 0 Å². The molecular formula is C14H8Cl2N2. The van der Waals surface area contributed by atoms with Crippen molar-refractivity contribution in [2.75, 3.05) is 0 Å². The van der Waals surface area contributed by atoms with E-state index in [2.05, 4.69) is 0 Å². The van der Waals surface area contributed by atoms with Crippen molar-refractivity contribution in [1.82, 2.24) is 0 Å². The molecule has 0 atom stereocenters. The SMILES string of the molecule is N#Cc1cc(Cl)cc(Cl)c1.N#Cc1ccccc1. The maximum atomic E-state index is 8.42. The lowest BCUT2D eigenvalue weighted by atomic mass is 10.2. The minimum atomic E-state index is 0.484. The number of nitriles is 2. The fraction of sp³-hybridized carbons (Fsp3) is 0. The van der Waals surface area contributed by atoms with Crippen LogP contribution in [-0.2, 0) is 0 Å². The first kappa shape index (κ1) is 14.1. The molecule has 4 heteroatoms. The molecule has 2 nitrogen and oxygen atoms in total. The van der Waals surface area contributed by atoms with E-state index in [1.807, 2.05) is 30.3 Å². The fourth-order valence-corrected chi connectivity index (χ4v) is 1.66. The summed E-state index contributed by atoms with van der Waals surface area (Å²) in [6, 6.07) is 17.8. The van der Waals surface area contributed by atoms with E-state index in [0.717, 1.165) is 0 Å². The highest BCUT2D eigenvalue weighted by Gasteiger charge is 1.94. The zero-order valence-electron chi connectivity index (χ0n) is 9.27. The highest BCUT2D eigenvalue weighted by atomic mass is 35.5. The number of rotatable bonds is 0. The summed E-state index contributed by atoms with van der Waals surface area (Å²) in [6.45, 7) is 0. The third-order valence-corrected chi connectivity index (χ3v) is 2.33. The lowest BCUT2D eigenvalue weighted by Gasteiger charge is -1.91. The molecule has 18 heavy (non-hydrogen) atoms. The normalized spacial score (nSPS) is 8.44. The molecule has 0 fully saturated rings. The fourth-order valence-electron chi connectivity index (χ4n) is 1.13. The minimum absolute atomic E-state index is 0.484. The molecule has 0 aromatic heterocycles. The zero-order chi connectivity index (χ0) is 13.4. The summed E-state index contributed by atoms with van der Waals surface area (Å²) in [4.78, 5) is 0. The molecule has 0 saturated heterocycles. The van der Waals surface area contributed by atoms with E-state index in [9.17, 15) is 0 Å². The second-order valence-corrected chi connectivity index (χ2v) is 4.12. The first-order valence-corrected chi connectivity index (χ1v) is 5.72. The molecule has 0 radical (unpaired) electrons. The third-order valence-electron chi connectivity index (χ3n) is 1.89. The van der Waals surface area contributed by atoms with Gasteiger partial charge in [-0.1, -0.05) is 41.4 Å². The van der Waals surface area contributed by atoms with Crippen LogP contribution in [0.4, 0.5) is 0 Å². The van der Waals surface area contributed by atoms with Crippen LogP contribution in [0.3, 0.4) is 0 Å². The predicted molar refractivity (Wildman–Crippen MR) is 72.3 cm³/mol. The Balaban J connectivity index is 0.000000184. The molecule has 2 aromatic rings. The largest absolute Gasteiger partial charge is 0.192 e. The van der Waals surface area contributed by atoms with Crippen molar-refractivity contribution in [2.45, 2.75) is 0 Å². The molecule has 0 bridgehead atoms. The van der Waals surface area contributed by atoms with Gasteiger partial charge in [-0.05, 0) is 30.3 Å². The first-order chi connectivity index (χ1) is 8.65. The topological polar surface area (TPSA) is 47.6 Å². The van der Waals surface area contributed by atoms with Gasteiger partial charge >= 0.3 is 0 Å². The molecule has 0 saturated carbocycles. The van der Waals surface area contributed by atoms with Crippen molar-refractivity contribution < 1.29 is 0 Å². The maximum Gasteiger partial charge on any atom is 0.0992 e. The molecule has 88 valence electrons. The molecule has 0 unspecified atom stereocenters. The number of hydrogen-bond acceptors (Lipinski definition) is 2. The summed E-state index contributed by atoms with van der Waals surface area (Å²) in [5.74, 6) is 0. The van der Waals surface area contributed by atoms with Gasteiger partial charge in [0.05, 0.1) is 23.3 Å². The molecule has 0 aliphatic rings. The molecule has 0 heterocycles. The summed E-state index contributed by atoms with van der Waals surface area (Å²) in [5.41, 5.74) is 1.20. The van der Waals surface area contributed by atoms with Crippen molar-refractivity contribution in [1.29, 1.82) is 10.5 Å². The van der Waals surface area contributed by atoms with Gasteiger partial charge in [0.25, 0.3) is 0 Å². The van der Waals surface area contributed by atoms with E-state index in [-0.39, 0.29) is 0 Å². The number of benzene rings is 2. The van der Waals surface area contributed by atoms with Gasteiger partial charge in [0.1, 0.15) is 0 Å². The monoisotopic (exact) mass is 274 g/mol. The summed E-state index contributed by atoms with van der Waals surface area (Å²) in [6.07, 6.45) is 0. The average molecular weight is 275 g/mol. The van der Waals surface area contributed by atoms with Crippen molar-refractivity contribution in [2.24, 2.45) is 0 Å². The molecular weight excluding hydrogens is 267 g/mol. The Morgan fingerprint density at radius 1 is 0.722 bits per heavy atom. The maximum absolute atomic E-state index is 8.42. The van der Waals surface area contributed by atoms with Gasteiger partial charge in [0.2, 0.25) is 0 Å². The van der Waals surface area contributed by atoms with Gasteiger partial charge in [0.15, 0.2) is 0 Å². The lowest BCUT2D eigenvalue weighted by Crippen LogP contribution is -1.73. The number of nitrogens with zero attached hydrogens (tertiary/aromatic N) is 2. The van der Waals surface area contributed by atoms with Crippen LogP contribution in [-0.4, -0.2) is 0 Å². The van der Waals surface area contributed by atoms with Gasteiger partial charge in [-0.3, -0.25) is 0 Å². The van der Waals surface area contributed by atoms with E-state index < -0.39 is 0 Å². The van der Waals surface area contributed by atoms with E-state index >= 15 is 0 Å². The summed E-state index contributed by atoms with van der Waals surface area (Å²) in [7, 11) is 0. The zero-order valence-corrected chi connectivity index (χ0v) is 10.8. The predicted octanol–water partition coefficient (Wildman–Crippen LogP) is 4.42. The molecule has 0 amide bonds. The second-order valence-electron chi connectivity index (χ2n) is 3.25. The Morgan fingerprint density at radius 2 is 1.22 bits per heavy atom. The molecule has 2 aromatic carbocycles. The van der Waals surface area contributed by atoms with Crippen LogP contribution in [0.5, 0.6) is 0 Å². The summed E-state index contributed by atoms with van der Waals surface area (Å²) >= 11 is 11.2. The van der Waals surface area contributed by atoms with Crippen molar-refractivity contribution in [3.05, 3.63) is 69.7 Å². The van der Waals surface area contributed by atoms with Crippen LogP contribution >= 0.6 is 23.2 Å². The van der Waals surface area contributed by atoms with Crippen LogP contribution in [0.15, 0.2) is 48.5 Å². The van der Waals surface area contributed by atoms with Crippen molar-refractivity contribution >= 4 is 23.2 Å². The summed E-state index contributed by atoms with van der Waals surface area (Å²) in [5, 5.41) is 17.7. The Morgan fingerprint density at radius 3 is 1.61 bits per heavy atom. The molecule has 0 aliphatic heterocycles. The Labute approximate surface area is 116 Å². The highest BCUT2D eigenvalue weighted by Crippen LogP contribution is 2.17. The van der Waals surface area contributed by atoms with Gasteiger partial charge in [-0.25, -0.2) is 0 Å². The van der Waals surface area contributed by atoms with Crippen LogP contribution in [0.1, 0.15) is 11.1 Å².